The van der Waals surface area contributed by atoms with Crippen molar-refractivity contribution in [2.45, 2.75) is 31.0 Å². The normalized spacial score (nSPS) is 43.9. The zero-order valence-electron chi connectivity index (χ0n) is 6.58. The van der Waals surface area contributed by atoms with Crippen molar-refractivity contribution >= 4 is 8.56 Å². The molecule has 0 amide bonds. The Labute approximate surface area is 67.6 Å². The summed E-state index contributed by atoms with van der Waals surface area (Å²) in [4.78, 5) is 9.92. The third-order valence-electron chi connectivity index (χ3n) is 2.28. The minimum atomic E-state index is -2.26. The van der Waals surface area contributed by atoms with E-state index in [-0.39, 0.29) is 0 Å². The van der Waals surface area contributed by atoms with Gasteiger partial charge in [0.15, 0.2) is 0 Å². The maximum atomic E-state index is 9.92. The fourth-order valence-corrected chi connectivity index (χ4v) is 4.28. The lowest BCUT2D eigenvalue weighted by Gasteiger charge is -2.28. The van der Waals surface area contributed by atoms with Crippen LogP contribution in [-0.2, 0) is 9.16 Å². The molecule has 2 unspecified atom stereocenters. The standard InChI is InChI=1S/C7H14O3Si/c8-11(6-7-5-9-7)4-2-1-3-10-11/h7-8H,1-6H2. The molecule has 0 aromatic rings. The molecule has 0 aromatic carbocycles. The second-order valence-corrected chi connectivity index (χ2v) is 6.50. The van der Waals surface area contributed by atoms with Crippen molar-refractivity contribution in [1.82, 2.24) is 0 Å². The number of hydrogen-bond acceptors (Lipinski definition) is 3. The highest BCUT2D eigenvalue weighted by atomic mass is 28.4. The second-order valence-electron chi connectivity index (χ2n) is 3.41. The van der Waals surface area contributed by atoms with Crippen molar-refractivity contribution < 1.29 is 14.0 Å². The Balaban J connectivity index is 1.84. The first-order valence-electron chi connectivity index (χ1n) is 4.26. The van der Waals surface area contributed by atoms with Crippen molar-refractivity contribution in [1.29, 1.82) is 0 Å². The van der Waals surface area contributed by atoms with E-state index in [1.54, 1.807) is 0 Å². The summed E-state index contributed by atoms with van der Waals surface area (Å²) in [6.07, 6.45) is 2.57. The molecular formula is C7H14O3Si. The fraction of sp³-hybridized carbons (Fsp3) is 1.00. The van der Waals surface area contributed by atoms with Gasteiger partial charge in [-0.15, -0.1) is 0 Å². The first kappa shape index (κ1) is 7.73. The van der Waals surface area contributed by atoms with Crippen molar-refractivity contribution in [3.63, 3.8) is 0 Å². The Morgan fingerprint density at radius 2 is 2.27 bits per heavy atom. The number of epoxide rings is 1. The molecule has 2 rings (SSSR count). The first-order chi connectivity index (χ1) is 5.29. The van der Waals surface area contributed by atoms with Gasteiger partial charge >= 0.3 is 8.56 Å². The van der Waals surface area contributed by atoms with Crippen LogP contribution in [-0.4, -0.2) is 32.7 Å². The van der Waals surface area contributed by atoms with E-state index in [9.17, 15) is 4.80 Å². The highest BCUT2D eigenvalue weighted by molar-refractivity contribution is 6.66. The lowest BCUT2D eigenvalue weighted by Crippen LogP contribution is -2.42. The summed E-state index contributed by atoms with van der Waals surface area (Å²) in [6, 6.07) is 1.71. The van der Waals surface area contributed by atoms with Crippen LogP contribution in [0.3, 0.4) is 0 Å². The summed E-state index contributed by atoms with van der Waals surface area (Å²) in [5, 5.41) is 0. The molecule has 2 fully saturated rings. The molecule has 2 aliphatic rings. The van der Waals surface area contributed by atoms with Crippen LogP contribution >= 0.6 is 0 Å². The van der Waals surface area contributed by atoms with Gasteiger partial charge in [-0.1, -0.05) is 0 Å². The van der Waals surface area contributed by atoms with Gasteiger partial charge in [0.1, 0.15) is 0 Å². The van der Waals surface area contributed by atoms with E-state index in [4.69, 9.17) is 9.16 Å². The zero-order valence-corrected chi connectivity index (χ0v) is 7.58. The molecule has 0 aliphatic carbocycles. The molecule has 11 heavy (non-hydrogen) atoms. The summed E-state index contributed by atoms with van der Waals surface area (Å²) >= 11 is 0. The molecule has 0 bridgehead atoms. The van der Waals surface area contributed by atoms with E-state index >= 15 is 0 Å². The SMILES string of the molecule is O[Si]1(CC2CO2)CCCCO1. The van der Waals surface area contributed by atoms with Gasteiger partial charge in [-0.25, -0.2) is 0 Å². The average Bonchev–Trinajstić information content (AvgIpc) is 2.72. The van der Waals surface area contributed by atoms with E-state index in [1.165, 1.54) is 0 Å². The maximum absolute atomic E-state index is 9.92. The van der Waals surface area contributed by atoms with E-state index in [0.29, 0.717) is 6.10 Å². The predicted molar refractivity (Wildman–Crippen MR) is 42.5 cm³/mol. The number of rotatable bonds is 2. The molecule has 3 nitrogen and oxygen atoms in total. The van der Waals surface area contributed by atoms with Crippen molar-refractivity contribution in [3.05, 3.63) is 0 Å². The molecule has 2 heterocycles. The zero-order chi connectivity index (χ0) is 7.73. The van der Waals surface area contributed by atoms with Crippen LogP contribution in [0, 0.1) is 0 Å². The monoisotopic (exact) mass is 174 g/mol. The summed E-state index contributed by atoms with van der Waals surface area (Å²) in [7, 11) is -2.26. The van der Waals surface area contributed by atoms with Crippen LogP contribution in [0.1, 0.15) is 12.8 Å². The Morgan fingerprint density at radius 3 is 2.82 bits per heavy atom. The van der Waals surface area contributed by atoms with E-state index in [2.05, 4.69) is 0 Å². The van der Waals surface area contributed by atoms with Crippen LogP contribution < -0.4 is 0 Å². The molecule has 64 valence electrons. The highest BCUT2D eigenvalue weighted by Crippen LogP contribution is 2.29. The lowest BCUT2D eigenvalue weighted by molar-refractivity contribution is 0.197. The predicted octanol–water partition coefficient (Wildman–Crippen LogP) is 0.630. The Hall–Kier alpha value is 0.0969. The lowest BCUT2D eigenvalue weighted by atomic mass is 10.4. The molecule has 4 heteroatoms. The summed E-state index contributed by atoms with van der Waals surface area (Å²) < 4.78 is 10.5. The first-order valence-corrected chi connectivity index (χ1v) is 6.53. The van der Waals surface area contributed by atoms with Gasteiger partial charge in [-0.05, 0) is 18.9 Å². The Morgan fingerprint density at radius 1 is 1.45 bits per heavy atom. The van der Waals surface area contributed by atoms with Gasteiger partial charge < -0.3 is 14.0 Å². The summed E-state index contributed by atoms with van der Waals surface area (Å²) in [6.45, 7) is 1.59. The maximum Gasteiger partial charge on any atom is 0.338 e. The van der Waals surface area contributed by atoms with Crippen molar-refractivity contribution in [2.24, 2.45) is 0 Å². The minimum Gasteiger partial charge on any atom is -0.410 e. The van der Waals surface area contributed by atoms with E-state index in [1.807, 2.05) is 0 Å². The Kier molecular flexibility index (Phi) is 2.01. The molecule has 0 saturated carbocycles. The van der Waals surface area contributed by atoms with Gasteiger partial charge in [0.25, 0.3) is 0 Å². The van der Waals surface area contributed by atoms with Gasteiger partial charge in [0, 0.05) is 12.7 Å². The smallest absolute Gasteiger partial charge is 0.338 e. The largest absolute Gasteiger partial charge is 0.410 e. The van der Waals surface area contributed by atoms with Gasteiger partial charge in [-0.3, -0.25) is 0 Å². The fourth-order valence-electron chi connectivity index (χ4n) is 1.54. The minimum absolute atomic E-state index is 0.324. The van der Waals surface area contributed by atoms with Crippen molar-refractivity contribution in [2.75, 3.05) is 13.2 Å². The molecule has 2 saturated heterocycles. The quantitative estimate of drug-likeness (QED) is 0.493. The highest BCUT2D eigenvalue weighted by Gasteiger charge is 2.42. The third-order valence-corrected chi connectivity index (χ3v) is 5.25. The molecule has 1 N–H and O–H groups in total. The van der Waals surface area contributed by atoms with Crippen LogP contribution in [0.4, 0.5) is 0 Å². The molecule has 0 radical (unpaired) electrons. The topological polar surface area (TPSA) is 42.0 Å². The summed E-state index contributed by atoms with van der Waals surface area (Å²) in [5.41, 5.74) is 0. The van der Waals surface area contributed by atoms with Crippen LogP contribution in [0.25, 0.3) is 0 Å². The van der Waals surface area contributed by atoms with Gasteiger partial charge in [0.2, 0.25) is 0 Å². The molecule has 2 aliphatic heterocycles. The number of ether oxygens (including phenoxy) is 1. The molecule has 0 aromatic heterocycles. The third kappa shape index (κ3) is 2.02. The van der Waals surface area contributed by atoms with E-state index in [0.717, 1.165) is 38.1 Å². The van der Waals surface area contributed by atoms with Crippen molar-refractivity contribution in [3.8, 4) is 0 Å². The van der Waals surface area contributed by atoms with E-state index < -0.39 is 8.56 Å². The van der Waals surface area contributed by atoms with Gasteiger partial charge in [0.05, 0.1) is 12.7 Å². The average molecular weight is 174 g/mol. The van der Waals surface area contributed by atoms with Crippen LogP contribution in [0.2, 0.25) is 12.1 Å². The molecular weight excluding hydrogens is 160 g/mol. The van der Waals surface area contributed by atoms with Crippen LogP contribution in [0.5, 0.6) is 0 Å². The molecule has 0 spiro atoms. The second kappa shape index (κ2) is 2.86. The summed E-state index contributed by atoms with van der Waals surface area (Å²) in [5.74, 6) is 0. The molecule has 2 atom stereocenters. The Bertz CT molecular complexity index is 141. The van der Waals surface area contributed by atoms with Crippen LogP contribution in [0.15, 0.2) is 0 Å². The number of hydrogen-bond donors (Lipinski definition) is 1. The van der Waals surface area contributed by atoms with Gasteiger partial charge in [-0.2, -0.15) is 0 Å².